The third kappa shape index (κ3) is 7.11. The fraction of sp³-hybridized carbons (Fsp3) is 0.379. The molecule has 0 spiro atoms. The van der Waals surface area contributed by atoms with E-state index in [1.807, 2.05) is 24.3 Å². The highest BCUT2D eigenvalue weighted by Crippen LogP contribution is 2.23. The molecule has 4 heterocycles. The Balaban J connectivity index is 1.24. The number of aromatic nitrogens is 2. The Morgan fingerprint density at radius 3 is 2.41 bits per heavy atom. The predicted octanol–water partition coefficient (Wildman–Crippen LogP) is 4.37. The van der Waals surface area contributed by atoms with Gasteiger partial charge in [-0.05, 0) is 80.7 Å². The van der Waals surface area contributed by atoms with Crippen molar-refractivity contribution in [1.82, 2.24) is 9.97 Å². The Morgan fingerprint density at radius 2 is 1.67 bits per heavy atom. The van der Waals surface area contributed by atoms with Gasteiger partial charge in [-0.2, -0.15) is 0 Å². The van der Waals surface area contributed by atoms with Crippen LogP contribution >= 0.6 is 9.24 Å². The lowest BCUT2D eigenvalue weighted by atomic mass is 10.1. The van der Waals surface area contributed by atoms with Crippen molar-refractivity contribution < 1.29 is 14.3 Å². The number of amides is 2. The van der Waals surface area contributed by atoms with Crippen LogP contribution < -0.4 is 26.2 Å². The fourth-order valence-corrected chi connectivity index (χ4v) is 5.29. The summed E-state index contributed by atoms with van der Waals surface area (Å²) in [4.78, 5) is 37.3. The number of anilines is 4. The topological polar surface area (TPSA) is 108 Å². The molecule has 1 unspecified atom stereocenters. The molecule has 2 amide bonds. The molecule has 39 heavy (non-hydrogen) atoms. The van der Waals surface area contributed by atoms with Crippen LogP contribution in [0.1, 0.15) is 58.5 Å². The molecule has 204 valence electrons. The molecule has 0 bridgehead atoms. The summed E-state index contributed by atoms with van der Waals surface area (Å²) in [5, 5.41) is 10.2. The summed E-state index contributed by atoms with van der Waals surface area (Å²) in [5.74, 6) is 0.203. The van der Waals surface area contributed by atoms with Gasteiger partial charge in [-0.1, -0.05) is 0 Å². The van der Waals surface area contributed by atoms with Crippen LogP contribution in [0.4, 0.5) is 22.9 Å². The van der Waals surface area contributed by atoms with E-state index in [0.717, 1.165) is 68.8 Å². The smallest absolute Gasteiger partial charge is 0.257 e. The van der Waals surface area contributed by atoms with Gasteiger partial charge in [0.1, 0.15) is 5.82 Å². The lowest BCUT2D eigenvalue weighted by molar-refractivity contribution is 0.0903. The van der Waals surface area contributed by atoms with Crippen LogP contribution in [-0.2, 0) is 4.74 Å². The first kappa shape index (κ1) is 27.0. The minimum absolute atomic E-state index is 0.244. The first-order chi connectivity index (χ1) is 18.9. The largest absolute Gasteiger partial charge is 0.381 e. The van der Waals surface area contributed by atoms with Crippen molar-refractivity contribution in [2.24, 2.45) is 0 Å². The zero-order chi connectivity index (χ0) is 27.2. The van der Waals surface area contributed by atoms with Gasteiger partial charge in [0.15, 0.2) is 0 Å². The molecule has 3 aromatic rings. The number of pyridine rings is 2. The molecule has 1 aromatic carbocycles. The Labute approximate surface area is 231 Å². The molecule has 0 radical (unpaired) electrons. The lowest BCUT2D eigenvalue weighted by Gasteiger charge is -2.29. The molecule has 2 saturated heterocycles. The first-order valence-electron chi connectivity index (χ1n) is 13.5. The van der Waals surface area contributed by atoms with E-state index in [4.69, 9.17) is 4.74 Å². The molecule has 0 saturated carbocycles. The van der Waals surface area contributed by atoms with Gasteiger partial charge in [0.2, 0.25) is 0 Å². The van der Waals surface area contributed by atoms with Crippen LogP contribution in [0.5, 0.6) is 0 Å². The van der Waals surface area contributed by atoms with E-state index in [9.17, 15) is 9.59 Å². The summed E-state index contributed by atoms with van der Waals surface area (Å²) in [6.45, 7) is 5.27. The summed E-state index contributed by atoms with van der Waals surface area (Å²) >= 11 is 0. The van der Waals surface area contributed by atoms with Crippen LogP contribution in [0, 0.1) is 6.92 Å². The monoisotopic (exact) mass is 546 g/mol. The van der Waals surface area contributed by atoms with E-state index in [2.05, 4.69) is 46.1 Å². The number of hydrogen-bond acceptors (Lipinski definition) is 7. The van der Waals surface area contributed by atoms with E-state index in [0.29, 0.717) is 34.2 Å². The molecule has 5 rings (SSSR count). The average Bonchev–Trinajstić information content (AvgIpc) is 2.96. The number of piperidine rings is 1. The van der Waals surface area contributed by atoms with Gasteiger partial charge >= 0.3 is 0 Å². The number of benzene rings is 1. The predicted molar refractivity (Wildman–Crippen MR) is 158 cm³/mol. The van der Waals surface area contributed by atoms with Crippen molar-refractivity contribution in [3.63, 3.8) is 0 Å². The van der Waals surface area contributed by atoms with Gasteiger partial charge in [0.05, 0.1) is 35.0 Å². The average molecular weight is 547 g/mol. The minimum Gasteiger partial charge on any atom is -0.381 e. The number of ether oxygens (including phenoxy) is 1. The number of hydrogen-bond donors (Lipinski definition) is 3. The van der Waals surface area contributed by atoms with Crippen molar-refractivity contribution >= 4 is 49.2 Å². The van der Waals surface area contributed by atoms with E-state index < -0.39 is 0 Å². The molecule has 10 heteroatoms. The molecule has 2 aliphatic rings. The molecule has 9 nitrogen and oxygen atoms in total. The highest BCUT2D eigenvalue weighted by atomic mass is 31.0. The SMILES string of the molecule is Cc1ncc(NC(=O)c2cc(P)cc(N3CCCCC3)c2)cc1C(=O)Nc1ccc(NC2CCOCC2)nc1. The summed E-state index contributed by atoms with van der Waals surface area (Å²) in [6.07, 6.45) is 8.66. The third-order valence-electron chi connectivity index (χ3n) is 7.11. The second kappa shape index (κ2) is 12.5. The number of nitrogens with one attached hydrogen (secondary N) is 3. The molecular weight excluding hydrogens is 511 g/mol. The van der Waals surface area contributed by atoms with Gasteiger partial charge in [-0.15, -0.1) is 9.24 Å². The maximum Gasteiger partial charge on any atom is 0.257 e. The molecule has 2 fully saturated rings. The normalized spacial score (nSPS) is 16.0. The van der Waals surface area contributed by atoms with E-state index in [1.54, 1.807) is 25.4 Å². The quantitative estimate of drug-likeness (QED) is 0.378. The molecular formula is C29H35N6O3P. The van der Waals surface area contributed by atoms with Gasteiger partial charge in [-0.3, -0.25) is 14.6 Å². The maximum atomic E-state index is 13.1. The summed E-state index contributed by atoms with van der Waals surface area (Å²) < 4.78 is 5.40. The fourth-order valence-electron chi connectivity index (χ4n) is 4.94. The first-order valence-corrected chi connectivity index (χ1v) is 14.1. The Kier molecular flexibility index (Phi) is 8.69. The molecule has 0 aliphatic carbocycles. The van der Waals surface area contributed by atoms with Crippen LogP contribution in [0.2, 0.25) is 0 Å². The number of carbonyl (C=O) groups excluding carboxylic acids is 2. The highest BCUT2D eigenvalue weighted by Gasteiger charge is 2.17. The van der Waals surface area contributed by atoms with Gasteiger partial charge < -0.3 is 25.6 Å². The minimum atomic E-state index is -0.317. The zero-order valence-corrected chi connectivity index (χ0v) is 23.4. The van der Waals surface area contributed by atoms with Crippen LogP contribution in [0.15, 0.2) is 48.8 Å². The molecule has 1 atom stereocenters. The third-order valence-corrected chi connectivity index (χ3v) is 7.44. The van der Waals surface area contributed by atoms with Crippen LogP contribution in [-0.4, -0.2) is 54.1 Å². The van der Waals surface area contributed by atoms with Gasteiger partial charge in [0.25, 0.3) is 11.8 Å². The molecule has 2 aliphatic heterocycles. The summed E-state index contributed by atoms with van der Waals surface area (Å²) in [5.41, 5.74) is 3.60. The standard InChI is InChI=1S/C29H35N6O3P/c1-19-26(29(37)33-22-5-6-27(31-17-22)32-21-7-11-38-12-8-21)15-23(18-30-19)34-28(36)20-13-24(16-25(39)14-20)35-9-3-2-4-10-35/h5-6,13-18,21H,2-4,7-12,39H2,1H3,(H,31,32)(H,33,37)(H,34,36). The van der Waals surface area contributed by atoms with Crippen molar-refractivity contribution in [3.8, 4) is 0 Å². The second-order valence-electron chi connectivity index (χ2n) is 10.1. The lowest BCUT2D eigenvalue weighted by Crippen LogP contribution is -2.30. The number of aryl methyl sites for hydroxylation is 1. The zero-order valence-electron chi connectivity index (χ0n) is 22.2. The highest BCUT2D eigenvalue weighted by molar-refractivity contribution is 7.27. The maximum absolute atomic E-state index is 13.1. The van der Waals surface area contributed by atoms with Crippen molar-refractivity contribution in [2.75, 3.05) is 47.2 Å². The van der Waals surface area contributed by atoms with Crippen molar-refractivity contribution in [3.05, 3.63) is 65.6 Å². The number of rotatable bonds is 7. The molecule has 2 aromatic heterocycles. The summed E-state index contributed by atoms with van der Waals surface area (Å²) in [7, 11) is 2.69. The van der Waals surface area contributed by atoms with Crippen LogP contribution in [0.3, 0.4) is 0 Å². The van der Waals surface area contributed by atoms with E-state index in [1.165, 1.54) is 6.42 Å². The van der Waals surface area contributed by atoms with Gasteiger partial charge in [-0.25, -0.2) is 4.98 Å². The van der Waals surface area contributed by atoms with Crippen molar-refractivity contribution in [1.29, 1.82) is 0 Å². The Bertz CT molecular complexity index is 1320. The Morgan fingerprint density at radius 1 is 0.923 bits per heavy atom. The number of carbonyl (C=O) groups is 2. The Hall–Kier alpha value is -3.55. The molecule has 3 N–H and O–H groups in total. The van der Waals surface area contributed by atoms with Crippen molar-refractivity contribution in [2.45, 2.75) is 45.1 Å². The summed E-state index contributed by atoms with van der Waals surface area (Å²) in [6, 6.07) is 11.5. The van der Waals surface area contributed by atoms with Gasteiger partial charge in [0, 0.05) is 43.6 Å². The van der Waals surface area contributed by atoms with E-state index >= 15 is 0 Å². The van der Waals surface area contributed by atoms with Crippen LogP contribution in [0.25, 0.3) is 0 Å². The number of nitrogens with zero attached hydrogens (tertiary/aromatic N) is 3. The second-order valence-corrected chi connectivity index (χ2v) is 10.8. The van der Waals surface area contributed by atoms with E-state index in [-0.39, 0.29) is 11.8 Å².